The number of amidine groups is 1. The molecule has 0 aliphatic carbocycles. The quantitative estimate of drug-likeness (QED) is 0.0688. The predicted molar refractivity (Wildman–Crippen MR) is 197 cm³/mol. The fraction of sp³-hybridized carbons (Fsp3) is 0.903. The Kier molecular flexibility index (Phi) is 17.4. The number of Topliss-reactive ketones (excluding diaryl/α,β-unsaturated/α-hetero) is 1. The molecule has 13 heteroatoms. The van der Waals surface area contributed by atoms with Crippen LogP contribution in [0.1, 0.15) is 132 Å². The lowest BCUT2D eigenvalue weighted by atomic mass is 9.92. The fourth-order valence-corrected chi connectivity index (χ4v) is 15.4. The number of nitrogens with one attached hydrogen (secondary N) is 2. The zero-order chi connectivity index (χ0) is 35.1. The van der Waals surface area contributed by atoms with Crippen LogP contribution in [0.4, 0.5) is 0 Å². The lowest BCUT2D eigenvalue weighted by Gasteiger charge is -2.51. The minimum absolute atomic E-state index is 0.0216. The van der Waals surface area contributed by atoms with Crippen LogP contribution in [0.5, 0.6) is 0 Å². The van der Waals surface area contributed by atoms with Crippen molar-refractivity contribution in [3.8, 4) is 0 Å². The van der Waals surface area contributed by atoms with E-state index in [9.17, 15) is 4.79 Å². The van der Waals surface area contributed by atoms with Gasteiger partial charge >= 0.3 is 7.59 Å². The monoisotopic (exact) mass is 678 g/mol. The summed E-state index contributed by atoms with van der Waals surface area (Å²) in [6.07, 6.45) is -1.65. The zero-order valence-electron chi connectivity index (χ0n) is 31.5. The molecule has 0 saturated heterocycles. The van der Waals surface area contributed by atoms with Crippen molar-refractivity contribution in [3.05, 3.63) is 0 Å². The maximum Gasteiger partial charge on any atom is 0.302 e. The highest BCUT2D eigenvalue weighted by Crippen LogP contribution is 2.59. The molecule has 0 spiro atoms. The van der Waals surface area contributed by atoms with Crippen molar-refractivity contribution in [2.24, 2.45) is 15.6 Å². The average molecular weight is 679 g/mol. The number of ketones is 1. The standard InChI is InChI=1S/C31H68N8O2P2S/c1-21(2)36(22(3)4)42(44,37(23(5)6)24(7)8)30(33-32-20-29(40)31(17,18)19)34-35-43(41,38(25(9)10)26(11)12)39(27(13)14)28(15)16/h20-28H,1-19H3,(H,33,34)(H,35,41). The van der Waals surface area contributed by atoms with Crippen molar-refractivity contribution in [1.82, 2.24) is 29.3 Å². The van der Waals surface area contributed by atoms with Crippen molar-refractivity contribution in [2.75, 3.05) is 0 Å². The molecule has 0 aromatic heterocycles. The van der Waals surface area contributed by atoms with E-state index in [4.69, 9.17) is 16.9 Å². The van der Waals surface area contributed by atoms with Crippen molar-refractivity contribution in [2.45, 2.75) is 180 Å². The number of carbonyl (C=O) groups is 1. The molecule has 2 N–H and O–H groups in total. The lowest BCUT2D eigenvalue weighted by Crippen LogP contribution is -2.55. The molecule has 260 valence electrons. The van der Waals surface area contributed by atoms with E-state index in [0.717, 1.165) is 0 Å². The topological polar surface area (TPSA) is 95.9 Å². The molecule has 0 amide bonds. The zero-order valence-corrected chi connectivity index (χ0v) is 34.1. The summed E-state index contributed by atoms with van der Waals surface area (Å²) in [5, 5.41) is 12.4. The summed E-state index contributed by atoms with van der Waals surface area (Å²) < 4.78 is 24.2. The van der Waals surface area contributed by atoms with Gasteiger partial charge in [-0.3, -0.25) is 24.1 Å². The summed E-state index contributed by atoms with van der Waals surface area (Å²) >= 11 is 6.80. The van der Waals surface area contributed by atoms with Gasteiger partial charge in [0, 0.05) is 53.7 Å². The van der Waals surface area contributed by atoms with Gasteiger partial charge in [-0.05, 0) is 111 Å². The minimum Gasteiger partial charge on any atom is -0.293 e. The second-order valence-corrected chi connectivity index (χ2v) is 21.1. The first kappa shape index (κ1) is 43.5. The number of carbonyl (C=O) groups excluding carboxylic acids is 1. The van der Waals surface area contributed by atoms with E-state index in [1.54, 1.807) is 0 Å². The predicted octanol–water partition coefficient (Wildman–Crippen LogP) is 7.93. The molecule has 0 aliphatic heterocycles. The van der Waals surface area contributed by atoms with Crippen molar-refractivity contribution in [1.29, 1.82) is 0 Å². The maximum atomic E-state index is 15.5. The summed E-state index contributed by atoms with van der Waals surface area (Å²) in [6.45, 7) is 39.2. The first-order valence-electron chi connectivity index (χ1n) is 16.3. The van der Waals surface area contributed by atoms with Gasteiger partial charge in [-0.15, -0.1) is 5.10 Å². The van der Waals surface area contributed by atoms with Gasteiger partial charge in [-0.1, -0.05) is 32.6 Å². The van der Waals surface area contributed by atoms with E-state index < -0.39 is 19.3 Å². The van der Waals surface area contributed by atoms with Crippen LogP contribution in [0.2, 0.25) is 0 Å². The van der Waals surface area contributed by atoms with Crippen LogP contribution in [0.25, 0.3) is 0 Å². The largest absolute Gasteiger partial charge is 0.302 e. The normalized spacial score (nSPS) is 14.8. The van der Waals surface area contributed by atoms with Gasteiger partial charge in [0.25, 0.3) is 0 Å². The molecule has 44 heavy (non-hydrogen) atoms. The summed E-state index contributed by atoms with van der Waals surface area (Å²) in [7, 11) is -3.48. The van der Waals surface area contributed by atoms with Crippen LogP contribution >= 0.6 is 13.9 Å². The molecule has 10 nitrogen and oxygen atoms in total. The first-order valence-corrected chi connectivity index (χ1v) is 20.7. The van der Waals surface area contributed by atoms with Gasteiger partial charge in [0.05, 0.1) is 6.21 Å². The Morgan fingerprint density at radius 2 is 0.932 bits per heavy atom. The SMILES string of the molecule is CC(C)N(C(C)C)P(=O)(NNC(=NN=CC(=O)C(C)(C)C)P(=S)(N(C(C)C)C(C)C)N(C(C)C)C(C)C)N(C(C)C)C(C)C. The van der Waals surface area contributed by atoms with Gasteiger partial charge in [0.15, 0.2) is 5.78 Å². The highest BCUT2D eigenvalue weighted by molar-refractivity contribution is 8.20. The molecule has 0 aromatic carbocycles. The average Bonchev–Trinajstić information content (AvgIpc) is 2.77. The van der Waals surface area contributed by atoms with E-state index in [1.807, 2.05) is 30.1 Å². The maximum absolute atomic E-state index is 15.5. The Morgan fingerprint density at radius 3 is 1.18 bits per heavy atom. The number of rotatable bonds is 17. The lowest BCUT2D eigenvalue weighted by molar-refractivity contribution is -0.119. The van der Waals surface area contributed by atoms with E-state index >= 15 is 4.57 Å². The Balaban J connectivity index is 7.84. The number of hydrogen-bond acceptors (Lipinski definition) is 5. The van der Waals surface area contributed by atoms with Crippen LogP contribution in [-0.4, -0.2) is 84.6 Å². The van der Waals surface area contributed by atoms with Crippen molar-refractivity contribution in [3.63, 3.8) is 0 Å². The molecular weight excluding hydrogens is 610 g/mol. The molecule has 0 atom stereocenters. The summed E-state index contributed by atoms with van der Waals surface area (Å²) in [6, 6.07) is 0.212. The number of hydrazine groups is 1. The Labute approximate surface area is 276 Å². The van der Waals surface area contributed by atoms with Gasteiger partial charge in [0.2, 0.25) is 5.58 Å². The van der Waals surface area contributed by atoms with Crippen LogP contribution in [0.15, 0.2) is 10.2 Å². The second kappa shape index (κ2) is 17.6. The Hall–Kier alpha value is -0.510. The molecule has 0 bridgehead atoms. The molecule has 0 rings (SSSR count). The van der Waals surface area contributed by atoms with Crippen LogP contribution in [0.3, 0.4) is 0 Å². The molecule has 0 aliphatic rings. The molecule has 0 saturated carbocycles. The molecule has 0 aromatic rings. The number of hydrogen-bond donors (Lipinski definition) is 2. The summed E-state index contributed by atoms with van der Waals surface area (Å²) in [4.78, 5) is 12.8. The molecule has 0 radical (unpaired) electrons. The summed E-state index contributed by atoms with van der Waals surface area (Å²) in [5.74, 6) is -0.140. The van der Waals surface area contributed by atoms with E-state index in [1.165, 1.54) is 6.21 Å². The van der Waals surface area contributed by atoms with Crippen molar-refractivity contribution >= 4 is 43.3 Å². The van der Waals surface area contributed by atoms with Gasteiger partial charge in [-0.25, -0.2) is 9.34 Å². The van der Waals surface area contributed by atoms with Crippen molar-refractivity contribution < 1.29 is 9.36 Å². The molecule has 0 unspecified atom stereocenters. The third-order valence-electron chi connectivity index (χ3n) is 7.14. The Bertz CT molecular complexity index is 985. The highest BCUT2D eigenvalue weighted by Gasteiger charge is 2.47. The van der Waals surface area contributed by atoms with Gasteiger partial charge in [-0.2, -0.15) is 10.3 Å². The first-order chi connectivity index (χ1) is 19.8. The molecule has 0 fully saturated rings. The highest BCUT2D eigenvalue weighted by atomic mass is 32.4. The van der Waals surface area contributed by atoms with E-state index in [0.29, 0.717) is 5.58 Å². The molecular formula is C31H68N8O2P2S. The fourth-order valence-electron chi connectivity index (χ4n) is 6.07. The smallest absolute Gasteiger partial charge is 0.293 e. The van der Waals surface area contributed by atoms with E-state index in [2.05, 4.69) is 136 Å². The second-order valence-electron chi connectivity index (χ2n) is 14.9. The third kappa shape index (κ3) is 10.8. The van der Waals surface area contributed by atoms with Gasteiger partial charge in [0.1, 0.15) is 6.34 Å². The van der Waals surface area contributed by atoms with Crippen LogP contribution < -0.4 is 10.6 Å². The third-order valence-corrected chi connectivity index (χ3v) is 16.1. The minimum atomic E-state index is -3.48. The Morgan fingerprint density at radius 1 is 0.636 bits per heavy atom. The number of nitrogens with zero attached hydrogens (tertiary/aromatic N) is 6. The van der Waals surface area contributed by atoms with Crippen LogP contribution in [-0.2, 0) is 21.2 Å². The van der Waals surface area contributed by atoms with Crippen LogP contribution in [0, 0.1) is 5.41 Å². The molecule has 0 heterocycles. The summed E-state index contributed by atoms with van der Waals surface area (Å²) in [5.41, 5.74) is 3.16. The van der Waals surface area contributed by atoms with E-state index in [-0.39, 0.29) is 54.1 Å². The van der Waals surface area contributed by atoms with Gasteiger partial charge < -0.3 is 0 Å².